The number of aliphatic hydroxyl groups is 1. The van der Waals surface area contributed by atoms with Crippen LogP contribution < -0.4 is 21.9 Å². The van der Waals surface area contributed by atoms with Gasteiger partial charge < -0.3 is 15.7 Å². The summed E-state index contributed by atoms with van der Waals surface area (Å²) in [5, 5.41) is 26.6. The van der Waals surface area contributed by atoms with Gasteiger partial charge in [0.15, 0.2) is 0 Å². The predicted octanol–water partition coefficient (Wildman–Crippen LogP) is 0.582. The molecule has 0 bridgehead atoms. The van der Waals surface area contributed by atoms with E-state index in [-0.39, 0.29) is 36.2 Å². The van der Waals surface area contributed by atoms with Crippen LogP contribution in [0.15, 0.2) is 39.9 Å². The zero-order valence-corrected chi connectivity index (χ0v) is 17.1. The Morgan fingerprint density at radius 2 is 1.76 bits per heavy atom. The third-order valence-corrected chi connectivity index (χ3v) is 4.60. The predicted molar refractivity (Wildman–Crippen MR) is 113 cm³/mol. The average Bonchev–Trinajstić information content (AvgIpc) is 2.69. The fourth-order valence-corrected chi connectivity index (χ4v) is 2.81. The standard InChI is InChI=1S/C18H25N5O5.ClH/c1-21-16(11-17(25)22(2)18(21)26)20-10-9-19-8-7-14(12-24)13-3-5-15(6-4-13)23(27)28;/h3-6,11,14,19-20,24H,7-10,12H2,1-2H3;1H. The molecule has 0 saturated heterocycles. The van der Waals surface area contributed by atoms with Crippen molar-refractivity contribution in [3.63, 3.8) is 0 Å². The lowest BCUT2D eigenvalue weighted by Crippen LogP contribution is -2.38. The van der Waals surface area contributed by atoms with E-state index in [1.807, 2.05) is 0 Å². The topological polar surface area (TPSA) is 131 Å². The number of benzene rings is 1. The minimum absolute atomic E-state index is 0. The van der Waals surface area contributed by atoms with Crippen molar-refractivity contribution in [2.45, 2.75) is 12.3 Å². The first-order valence-corrected chi connectivity index (χ1v) is 8.92. The van der Waals surface area contributed by atoms with Gasteiger partial charge in [-0.15, -0.1) is 12.4 Å². The molecule has 0 aliphatic carbocycles. The van der Waals surface area contributed by atoms with Gasteiger partial charge >= 0.3 is 5.69 Å². The third kappa shape index (κ3) is 6.41. The van der Waals surface area contributed by atoms with Crippen molar-refractivity contribution in [3.05, 3.63) is 66.8 Å². The molecule has 0 aliphatic rings. The van der Waals surface area contributed by atoms with E-state index in [4.69, 9.17) is 0 Å². The van der Waals surface area contributed by atoms with Crippen molar-refractivity contribution in [1.82, 2.24) is 14.5 Å². The zero-order valence-electron chi connectivity index (χ0n) is 16.3. The molecule has 0 aliphatic heterocycles. The summed E-state index contributed by atoms with van der Waals surface area (Å²) in [5.74, 6) is 0.341. The molecule has 2 aromatic rings. The van der Waals surface area contributed by atoms with Crippen LogP contribution in [0.5, 0.6) is 0 Å². The lowest BCUT2D eigenvalue weighted by molar-refractivity contribution is -0.384. The van der Waals surface area contributed by atoms with Gasteiger partial charge in [0.05, 0.1) is 4.92 Å². The molecule has 2 rings (SSSR count). The van der Waals surface area contributed by atoms with Gasteiger partial charge in [0.25, 0.3) is 11.2 Å². The Morgan fingerprint density at radius 1 is 1.10 bits per heavy atom. The second kappa shape index (κ2) is 11.3. The number of rotatable bonds is 10. The second-order valence-electron chi connectivity index (χ2n) is 6.46. The van der Waals surface area contributed by atoms with Gasteiger partial charge in [0.2, 0.25) is 0 Å². The van der Waals surface area contributed by atoms with Gasteiger partial charge in [-0.1, -0.05) is 12.1 Å². The number of nitro benzene ring substituents is 1. The number of aliphatic hydroxyl groups excluding tert-OH is 1. The van der Waals surface area contributed by atoms with E-state index in [0.717, 1.165) is 10.1 Å². The SMILES string of the molecule is Cl.Cn1c(NCCNCCC(CO)c2ccc([N+](=O)[O-])cc2)cc(=O)n(C)c1=O. The van der Waals surface area contributed by atoms with Crippen LogP contribution in [0.4, 0.5) is 11.5 Å². The molecule has 1 atom stereocenters. The van der Waals surface area contributed by atoms with Crippen molar-refractivity contribution < 1.29 is 10.0 Å². The second-order valence-corrected chi connectivity index (χ2v) is 6.46. The van der Waals surface area contributed by atoms with Gasteiger partial charge in [0.1, 0.15) is 5.82 Å². The summed E-state index contributed by atoms with van der Waals surface area (Å²) in [4.78, 5) is 33.8. The zero-order chi connectivity index (χ0) is 20.7. The van der Waals surface area contributed by atoms with E-state index in [9.17, 15) is 24.8 Å². The van der Waals surface area contributed by atoms with Crippen LogP contribution in [0.1, 0.15) is 17.9 Å². The van der Waals surface area contributed by atoms with Crippen LogP contribution in [0, 0.1) is 10.1 Å². The van der Waals surface area contributed by atoms with Crippen LogP contribution in [0.25, 0.3) is 0 Å². The molecule has 3 N–H and O–H groups in total. The minimum Gasteiger partial charge on any atom is -0.396 e. The number of aromatic nitrogens is 2. The monoisotopic (exact) mass is 427 g/mol. The fraction of sp³-hybridized carbons (Fsp3) is 0.444. The van der Waals surface area contributed by atoms with Crippen LogP contribution in [0.2, 0.25) is 0 Å². The van der Waals surface area contributed by atoms with Gasteiger partial charge in [0, 0.05) is 57.9 Å². The highest BCUT2D eigenvalue weighted by atomic mass is 35.5. The van der Waals surface area contributed by atoms with Crippen LogP contribution in [0.3, 0.4) is 0 Å². The minimum atomic E-state index is -0.454. The Morgan fingerprint density at radius 3 is 2.34 bits per heavy atom. The molecule has 0 amide bonds. The number of nitrogens with zero attached hydrogens (tertiary/aromatic N) is 3. The lowest BCUT2D eigenvalue weighted by atomic mass is 9.96. The summed E-state index contributed by atoms with van der Waals surface area (Å²) in [6, 6.07) is 7.57. The van der Waals surface area contributed by atoms with E-state index >= 15 is 0 Å². The van der Waals surface area contributed by atoms with Gasteiger partial charge in [-0.3, -0.25) is 24.0 Å². The van der Waals surface area contributed by atoms with Crippen molar-refractivity contribution in [2.24, 2.45) is 14.1 Å². The maximum atomic E-state index is 11.9. The molecule has 160 valence electrons. The van der Waals surface area contributed by atoms with Crippen LogP contribution in [-0.2, 0) is 14.1 Å². The summed E-state index contributed by atoms with van der Waals surface area (Å²) < 4.78 is 2.41. The maximum Gasteiger partial charge on any atom is 0.332 e. The van der Waals surface area contributed by atoms with Gasteiger partial charge in [-0.2, -0.15) is 0 Å². The molecule has 29 heavy (non-hydrogen) atoms. The Hall–Kier alpha value is -2.69. The molecule has 0 fully saturated rings. The van der Waals surface area contributed by atoms with E-state index in [0.29, 0.717) is 31.9 Å². The average molecular weight is 428 g/mol. The van der Waals surface area contributed by atoms with Crippen molar-refractivity contribution >= 4 is 23.9 Å². The van der Waals surface area contributed by atoms with Crippen LogP contribution in [-0.4, -0.2) is 45.4 Å². The van der Waals surface area contributed by atoms with Crippen molar-refractivity contribution in [3.8, 4) is 0 Å². The number of non-ortho nitro benzene ring substituents is 1. The Kier molecular flexibility index (Phi) is 9.53. The number of halogens is 1. The molecule has 1 unspecified atom stereocenters. The van der Waals surface area contributed by atoms with Crippen molar-refractivity contribution in [1.29, 1.82) is 0 Å². The summed E-state index contributed by atoms with van der Waals surface area (Å²) in [6.07, 6.45) is 0.665. The Bertz CT molecular complexity index is 926. The number of nitro groups is 1. The highest BCUT2D eigenvalue weighted by molar-refractivity contribution is 5.85. The van der Waals surface area contributed by atoms with Crippen molar-refractivity contribution in [2.75, 3.05) is 31.6 Å². The highest BCUT2D eigenvalue weighted by Gasteiger charge is 2.12. The molecular weight excluding hydrogens is 402 g/mol. The van der Waals surface area contributed by atoms with E-state index in [2.05, 4.69) is 10.6 Å². The number of anilines is 1. The maximum absolute atomic E-state index is 11.9. The number of hydrogen-bond acceptors (Lipinski definition) is 7. The lowest BCUT2D eigenvalue weighted by Gasteiger charge is -2.15. The molecule has 0 spiro atoms. The normalized spacial score (nSPS) is 11.6. The molecule has 11 heteroatoms. The number of nitrogens with one attached hydrogen (secondary N) is 2. The summed E-state index contributed by atoms with van der Waals surface area (Å²) in [7, 11) is 3.02. The first-order chi connectivity index (χ1) is 13.3. The Balaban J connectivity index is 0.00000420. The third-order valence-electron chi connectivity index (χ3n) is 4.60. The molecule has 1 heterocycles. The molecule has 1 aromatic carbocycles. The van der Waals surface area contributed by atoms with E-state index < -0.39 is 10.6 Å². The summed E-state index contributed by atoms with van der Waals surface area (Å²) >= 11 is 0. The first-order valence-electron chi connectivity index (χ1n) is 8.92. The molecule has 1 aromatic heterocycles. The number of hydrogen-bond donors (Lipinski definition) is 3. The summed E-state index contributed by atoms with van der Waals surface area (Å²) in [5.41, 5.74) is 0.113. The molecular formula is C18H26ClN5O5. The molecule has 0 saturated carbocycles. The quantitative estimate of drug-likeness (QED) is 0.287. The summed E-state index contributed by atoms with van der Waals surface area (Å²) in [6.45, 7) is 1.70. The first kappa shape index (κ1) is 24.3. The molecule has 0 radical (unpaired) electrons. The largest absolute Gasteiger partial charge is 0.396 e. The van der Waals surface area contributed by atoms with Gasteiger partial charge in [-0.25, -0.2) is 4.79 Å². The van der Waals surface area contributed by atoms with E-state index in [1.54, 1.807) is 19.2 Å². The van der Waals surface area contributed by atoms with E-state index in [1.165, 1.54) is 29.8 Å². The highest BCUT2D eigenvalue weighted by Crippen LogP contribution is 2.21. The van der Waals surface area contributed by atoms with Crippen LogP contribution >= 0.6 is 12.4 Å². The smallest absolute Gasteiger partial charge is 0.332 e. The Labute approximate surface area is 173 Å². The molecule has 10 nitrogen and oxygen atoms in total. The fourth-order valence-electron chi connectivity index (χ4n) is 2.81. The van der Waals surface area contributed by atoms with Gasteiger partial charge in [-0.05, 0) is 18.5 Å².